The first-order chi connectivity index (χ1) is 30.4. The van der Waals surface area contributed by atoms with Gasteiger partial charge in [0.15, 0.2) is 18.9 Å². The van der Waals surface area contributed by atoms with Crippen molar-refractivity contribution in [2.45, 2.75) is 123 Å². The van der Waals surface area contributed by atoms with Gasteiger partial charge in [0.2, 0.25) is 5.91 Å². The normalized spacial score (nSPS) is 35.8. The minimum Gasteiger partial charge on any atom is -0.382 e. The second-order valence-electron chi connectivity index (χ2n) is 15.3. The van der Waals surface area contributed by atoms with Gasteiger partial charge in [-0.25, -0.2) is 0 Å². The van der Waals surface area contributed by atoms with Gasteiger partial charge >= 0.3 is 0 Å². The maximum Gasteiger partial charge on any atom is 0.219 e. The van der Waals surface area contributed by atoms with Gasteiger partial charge in [0.1, 0.15) is 97.6 Å². The van der Waals surface area contributed by atoms with Crippen molar-refractivity contribution in [3.05, 3.63) is 0 Å². The second kappa shape index (κ2) is 28.8. The molecule has 22 heteroatoms. The molecule has 3 aliphatic heterocycles. The zero-order chi connectivity index (χ0) is 46.8. The Morgan fingerprint density at radius 1 is 0.460 bits per heavy atom. The average molecular weight is 920 g/mol. The summed E-state index contributed by atoms with van der Waals surface area (Å²) in [7, 11) is 23.1. The molecule has 3 saturated heterocycles. The Labute approximate surface area is 373 Å². The summed E-state index contributed by atoms with van der Waals surface area (Å²) in [4.78, 5) is 14.5. The summed E-state index contributed by atoms with van der Waals surface area (Å²) in [6.45, 7) is 2.01. The number of amides is 1. The molecule has 3 aliphatic rings. The van der Waals surface area contributed by atoms with Crippen molar-refractivity contribution in [1.82, 2.24) is 4.90 Å². The number of nitrogens with zero attached hydrogens (tertiary/aromatic N) is 1. The zero-order valence-electron chi connectivity index (χ0n) is 40.0. The fraction of sp³-hybridized carbons (Fsp3) is 0.976. The number of carbonyl (C=O) groups excluding carboxylic acids is 1. The molecule has 8 unspecified atom stereocenters. The minimum atomic E-state index is -1.18. The molecule has 0 bridgehead atoms. The van der Waals surface area contributed by atoms with E-state index in [1.165, 1.54) is 68.7 Å². The molecule has 0 aromatic rings. The average Bonchev–Trinajstić information content (AvgIpc) is 3.28. The number of carbonyl (C=O) groups is 1. The largest absolute Gasteiger partial charge is 0.382 e. The van der Waals surface area contributed by atoms with E-state index in [1.807, 2.05) is 0 Å². The van der Waals surface area contributed by atoms with Gasteiger partial charge in [-0.15, -0.1) is 0 Å². The maximum absolute atomic E-state index is 13.0. The van der Waals surface area contributed by atoms with Crippen LogP contribution in [0.1, 0.15) is 6.92 Å². The Balaban J connectivity index is 2.09. The highest BCUT2D eigenvalue weighted by molar-refractivity contribution is 5.73. The summed E-state index contributed by atoms with van der Waals surface area (Å²) in [5.74, 6) is -0.257. The van der Waals surface area contributed by atoms with Crippen molar-refractivity contribution in [3.8, 4) is 0 Å². The van der Waals surface area contributed by atoms with Crippen LogP contribution in [-0.4, -0.2) is 267 Å². The maximum atomic E-state index is 13.0. The summed E-state index contributed by atoms with van der Waals surface area (Å²) in [6.07, 6.45) is -15.2. The molecule has 0 aromatic carbocycles. The molecule has 19 atom stereocenters. The molecule has 3 fully saturated rings. The Kier molecular flexibility index (Phi) is 25.6. The lowest BCUT2D eigenvalue weighted by molar-refractivity contribution is -0.387. The van der Waals surface area contributed by atoms with E-state index in [0.717, 1.165) is 0 Å². The number of hydrogen-bond acceptors (Lipinski definition) is 21. The van der Waals surface area contributed by atoms with Crippen molar-refractivity contribution in [1.29, 1.82) is 0 Å². The molecular formula is C41H77NO21. The number of rotatable bonds is 29. The highest BCUT2D eigenvalue weighted by Gasteiger charge is 2.57. The van der Waals surface area contributed by atoms with E-state index >= 15 is 0 Å². The van der Waals surface area contributed by atoms with E-state index in [2.05, 4.69) is 0 Å². The minimum absolute atomic E-state index is 0.0246. The fourth-order valence-electron chi connectivity index (χ4n) is 8.68. The molecule has 63 heavy (non-hydrogen) atoms. The Morgan fingerprint density at radius 3 is 1.30 bits per heavy atom. The molecule has 0 N–H and O–H groups in total. The fourth-order valence-corrected chi connectivity index (χ4v) is 8.68. The third-order valence-electron chi connectivity index (χ3n) is 11.8. The first kappa shape index (κ1) is 56.0. The van der Waals surface area contributed by atoms with Gasteiger partial charge < -0.3 is 99.6 Å². The molecular weight excluding hydrogens is 842 g/mol. The highest BCUT2D eigenvalue weighted by Crippen LogP contribution is 2.38. The SMILES string of the molecule is COCC1O[C@@H](O[C@@H]([C@H](OC)[C@H](COC)OC)[C@H](COC)OC)C(OC)C(OC)[C@H]1OC1O[C@@H](COC)C(OC)[C@H](O[C@@H]2OC(COC)[C@H](OC)C(OC)[C@@H]2N(C)C(C)=O)C1OC. The predicted octanol–water partition coefficient (Wildman–Crippen LogP) is -0.469. The summed E-state index contributed by atoms with van der Waals surface area (Å²) in [6, 6.07) is -0.796. The standard InChI is InChI=1S/C41H77NO21/c1-22(43)42(2)28-34(54-13)30(52-11)25(19-46-5)58-39(28)63-36-31(53-12)26(20-47-6)59-41(38(36)57-16)62-33-27(21-48-7)60-40(37(56-15)35(33)55-14)61-32(24(50-9)18-45-4)29(51-10)23(49-8)17-44-3/h23-41H,17-21H2,1-16H3/t23-,24-,25?,26-,27?,28-,29+,30-,31?,32+,33-,34?,35?,36-,37?,38?,39-,40-,41?/m0/s1. The smallest absolute Gasteiger partial charge is 0.219 e. The van der Waals surface area contributed by atoms with E-state index in [0.29, 0.717) is 0 Å². The van der Waals surface area contributed by atoms with E-state index < -0.39 is 116 Å². The van der Waals surface area contributed by atoms with Gasteiger partial charge in [0.05, 0.1) is 33.0 Å². The van der Waals surface area contributed by atoms with E-state index in [1.54, 1.807) is 49.7 Å². The van der Waals surface area contributed by atoms with Crippen LogP contribution in [0.15, 0.2) is 0 Å². The lowest BCUT2D eigenvalue weighted by Crippen LogP contribution is -2.69. The van der Waals surface area contributed by atoms with Gasteiger partial charge in [-0.3, -0.25) is 4.79 Å². The van der Waals surface area contributed by atoms with E-state index in [4.69, 9.17) is 94.7 Å². The third-order valence-corrected chi connectivity index (χ3v) is 11.8. The summed E-state index contributed by atoms with van der Waals surface area (Å²) in [5, 5.41) is 0. The van der Waals surface area contributed by atoms with Gasteiger partial charge in [-0.05, 0) is 0 Å². The van der Waals surface area contributed by atoms with Crippen molar-refractivity contribution in [2.75, 3.05) is 140 Å². The number of hydrogen-bond donors (Lipinski definition) is 0. The monoisotopic (exact) mass is 919 g/mol. The van der Waals surface area contributed by atoms with Crippen LogP contribution < -0.4 is 0 Å². The van der Waals surface area contributed by atoms with Crippen molar-refractivity contribution >= 4 is 5.91 Å². The summed E-state index contributed by atoms with van der Waals surface area (Å²) < 4.78 is 122. The quantitative estimate of drug-likeness (QED) is 0.0931. The molecule has 3 heterocycles. The second-order valence-corrected chi connectivity index (χ2v) is 15.3. The van der Waals surface area contributed by atoms with Crippen LogP contribution >= 0.6 is 0 Å². The van der Waals surface area contributed by atoms with Crippen molar-refractivity contribution in [3.63, 3.8) is 0 Å². The van der Waals surface area contributed by atoms with Gasteiger partial charge in [0, 0.05) is 114 Å². The van der Waals surface area contributed by atoms with Crippen molar-refractivity contribution in [2.24, 2.45) is 0 Å². The molecule has 1 amide bonds. The van der Waals surface area contributed by atoms with Crippen molar-refractivity contribution < 1.29 is 99.5 Å². The molecule has 0 aliphatic carbocycles. The molecule has 0 spiro atoms. The predicted molar refractivity (Wildman–Crippen MR) is 219 cm³/mol. The van der Waals surface area contributed by atoms with Crippen LogP contribution in [-0.2, 0) is 99.5 Å². The number of ether oxygens (including phenoxy) is 20. The van der Waals surface area contributed by atoms with E-state index in [9.17, 15) is 4.79 Å². The number of likely N-dealkylation sites (N-methyl/N-ethyl adjacent to an activating group) is 1. The lowest BCUT2D eigenvalue weighted by atomic mass is 9.93. The Bertz CT molecular complexity index is 1250. The van der Waals surface area contributed by atoms with Crippen LogP contribution in [0.25, 0.3) is 0 Å². The van der Waals surface area contributed by atoms with Crippen LogP contribution in [0.4, 0.5) is 0 Å². The van der Waals surface area contributed by atoms with E-state index in [-0.39, 0.29) is 38.9 Å². The molecule has 0 radical (unpaired) electrons. The van der Waals surface area contributed by atoms with Crippen LogP contribution in [0.5, 0.6) is 0 Å². The summed E-state index contributed by atoms with van der Waals surface area (Å²) in [5.41, 5.74) is 0. The molecule has 0 aromatic heterocycles. The highest BCUT2D eigenvalue weighted by atomic mass is 16.8. The van der Waals surface area contributed by atoms with Crippen LogP contribution in [0, 0.1) is 0 Å². The molecule has 22 nitrogen and oxygen atoms in total. The van der Waals surface area contributed by atoms with Gasteiger partial charge in [0.25, 0.3) is 0 Å². The van der Waals surface area contributed by atoms with Gasteiger partial charge in [-0.2, -0.15) is 0 Å². The molecule has 372 valence electrons. The third kappa shape index (κ3) is 13.7. The first-order valence-corrected chi connectivity index (χ1v) is 20.8. The Morgan fingerprint density at radius 2 is 0.873 bits per heavy atom. The molecule has 0 saturated carbocycles. The molecule has 3 rings (SSSR count). The van der Waals surface area contributed by atoms with Gasteiger partial charge in [-0.1, -0.05) is 0 Å². The number of methoxy groups -OCH3 is 14. The topological polar surface area (TPSA) is 205 Å². The first-order valence-electron chi connectivity index (χ1n) is 20.8. The lowest BCUT2D eigenvalue weighted by Gasteiger charge is -2.52. The summed E-state index contributed by atoms with van der Waals surface area (Å²) >= 11 is 0. The van der Waals surface area contributed by atoms with Crippen LogP contribution in [0.3, 0.4) is 0 Å². The Hall–Kier alpha value is -1.33. The van der Waals surface area contributed by atoms with Crippen LogP contribution in [0.2, 0.25) is 0 Å². The zero-order valence-corrected chi connectivity index (χ0v) is 40.0.